The van der Waals surface area contributed by atoms with Crippen molar-refractivity contribution < 1.29 is 14.3 Å². The molecule has 5 nitrogen and oxygen atoms in total. The van der Waals surface area contributed by atoms with E-state index in [1.165, 1.54) is 30.3 Å². The summed E-state index contributed by atoms with van der Waals surface area (Å²) >= 11 is 0. The maximum atomic E-state index is 12.8. The highest BCUT2D eigenvalue weighted by atomic mass is 19.1. The SMILES string of the molecule is Cc1cc(C(=O)O)c(=O)n(Cc2ccc(F)cc2)n1. The van der Waals surface area contributed by atoms with Crippen LogP contribution in [0.1, 0.15) is 21.6 Å². The second-order valence-corrected chi connectivity index (χ2v) is 4.09. The van der Waals surface area contributed by atoms with Gasteiger partial charge >= 0.3 is 5.97 Å². The van der Waals surface area contributed by atoms with Crippen molar-refractivity contribution in [1.82, 2.24) is 9.78 Å². The zero-order valence-corrected chi connectivity index (χ0v) is 10.1. The van der Waals surface area contributed by atoms with Gasteiger partial charge < -0.3 is 5.11 Å². The maximum absolute atomic E-state index is 12.8. The molecule has 0 unspecified atom stereocenters. The Morgan fingerprint density at radius 1 is 1.37 bits per heavy atom. The van der Waals surface area contributed by atoms with Crippen molar-refractivity contribution in [2.45, 2.75) is 13.5 Å². The smallest absolute Gasteiger partial charge is 0.341 e. The summed E-state index contributed by atoms with van der Waals surface area (Å²) in [6.45, 7) is 1.70. The molecule has 6 heteroatoms. The zero-order valence-electron chi connectivity index (χ0n) is 10.1. The predicted molar refractivity (Wildman–Crippen MR) is 65.7 cm³/mol. The van der Waals surface area contributed by atoms with Crippen LogP contribution >= 0.6 is 0 Å². The van der Waals surface area contributed by atoms with E-state index in [9.17, 15) is 14.0 Å². The Morgan fingerprint density at radius 2 is 2.00 bits per heavy atom. The molecular formula is C13H11FN2O3. The number of aromatic carboxylic acids is 1. The van der Waals surface area contributed by atoms with Crippen molar-refractivity contribution in [3.8, 4) is 0 Å². The fourth-order valence-corrected chi connectivity index (χ4v) is 1.70. The zero-order chi connectivity index (χ0) is 14.0. The monoisotopic (exact) mass is 262 g/mol. The highest BCUT2D eigenvalue weighted by molar-refractivity contribution is 5.87. The van der Waals surface area contributed by atoms with Gasteiger partial charge in [0.25, 0.3) is 5.56 Å². The summed E-state index contributed by atoms with van der Waals surface area (Å²) < 4.78 is 13.8. The van der Waals surface area contributed by atoms with Crippen LogP contribution in [0.25, 0.3) is 0 Å². The topological polar surface area (TPSA) is 72.2 Å². The molecule has 2 aromatic rings. The predicted octanol–water partition coefficient (Wildman–Crippen LogP) is 1.44. The Morgan fingerprint density at radius 3 is 2.58 bits per heavy atom. The first-order valence-electron chi connectivity index (χ1n) is 5.54. The number of nitrogens with zero attached hydrogens (tertiary/aromatic N) is 2. The third kappa shape index (κ3) is 2.85. The Balaban J connectivity index is 2.43. The molecule has 0 aliphatic heterocycles. The lowest BCUT2D eigenvalue weighted by atomic mass is 10.2. The van der Waals surface area contributed by atoms with Gasteiger partial charge in [-0.1, -0.05) is 12.1 Å². The number of aryl methyl sites for hydroxylation is 1. The molecule has 1 aromatic heterocycles. The van der Waals surface area contributed by atoms with E-state index in [1.54, 1.807) is 6.92 Å². The van der Waals surface area contributed by atoms with E-state index < -0.39 is 11.5 Å². The normalized spacial score (nSPS) is 10.4. The van der Waals surface area contributed by atoms with E-state index in [0.29, 0.717) is 11.3 Å². The number of halogens is 1. The molecule has 0 saturated carbocycles. The Labute approximate surface area is 107 Å². The molecule has 0 saturated heterocycles. The van der Waals surface area contributed by atoms with Gasteiger partial charge in [-0.3, -0.25) is 4.79 Å². The van der Waals surface area contributed by atoms with Crippen LogP contribution in [0.4, 0.5) is 4.39 Å². The van der Waals surface area contributed by atoms with Gasteiger partial charge in [0.2, 0.25) is 0 Å². The first-order valence-corrected chi connectivity index (χ1v) is 5.54. The Bertz CT molecular complexity index is 677. The third-order valence-electron chi connectivity index (χ3n) is 2.57. The van der Waals surface area contributed by atoms with E-state index >= 15 is 0 Å². The fourth-order valence-electron chi connectivity index (χ4n) is 1.70. The van der Waals surface area contributed by atoms with Crippen molar-refractivity contribution >= 4 is 5.97 Å². The number of hydrogen-bond acceptors (Lipinski definition) is 3. The molecule has 0 amide bonds. The molecule has 0 bridgehead atoms. The van der Waals surface area contributed by atoms with E-state index in [2.05, 4.69) is 5.10 Å². The largest absolute Gasteiger partial charge is 0.477 e. The van der Waals surface area contributed by atoms with E-state index in [4.69, 9.17) is 5.11 Å². The lowest BCUT2D eigenvalue weighted by molar-refractivity contribution is 0.0693. The van der Waals surface area contributed by atoms with Gasteiger partial charge in [-0.25, -0.2) is 13.9 Å². The van der Waals surface area contributed by atoms with E-state index in [0.717, 1.165) is 4.68 Å². The summed E-state index contributed by atoms with van der Waals surface area (Å²) in [4.78, 5) is 22.8. The fraction of sp³-hybridized carbons (Fsp3) is 0.154. The minimum absolute atomic E-state index is 0.0983. The van der Waals surface area contributed by atoms with Crippen molar-refractivity contribution in [2.24, 2.45) is 0 Å². The van der Waals surface area contributed by atoms with Crippen LogP contribution in [-0.2, 0) is 6.54 Å². The quantitative estimate of drug-likeness (QED) is 0.908. The van der Waals surface area contributed by atoms with Crippen molar-refractivity contribution in [3.63, 3.8) is 0 Å². The number of rotatable bonds is 3. The maximum Gasteiger partial charge on any atom is 0.341 e. The summed E-state index contributed by atoms with van der Waals surface area (Å²) in [6, 6.07) is 6.81. The van der Waals surface area contributed by atoms with Crippen LogP contribution < -0.4 is 5.56 Å². The molecule has 1 heterocycles. The Kier molecular flexibility index (Phi) is 3.41. The molecule has 1 N–H and O–H groups in total. The van der Waals surface area contributed by atoms with Gasteiger partial charge in [-0.05, 0) is 30.7 Å². The molecule has 0 aliphatic carbocycles. The first kappa shape index (κ1) is 12.9. The molecule has 1 aromatic carbocycles. The van der Waals surface area contributed by atoms with Crippen LogP contribution in [0.15, 0.2) is 35.1 Å². The summed E-state index contributed by atoms with van der Waals surface area (Å²) in [6.07, 6.45) is 0. The van der Waals surface area contributed by atoms with Crippen molar-refractivity contribution in [3.05, 3.63) is 63.3 Å². The molecule has 19 heavy (non-hydrogen) atoms. The molecule has 2 rings (SSSR count). The van der Waals surface area contributed by atoms with Crippen LogP contribution in [0, 0.1) is 12.7 Å². The van der Waals surface area contributed by atoms with Gasteiger partial charge in [0, 0.05) is 0 Å². The minimum atomic E-state index is -1.29. The average Bonchev–Trinajstić information content (AvgIpc) is 2.35. The number of aromatic nitrogens is 2. The minimum Gasteiger partial charge on any atom is -0.477 e. The van der Waals surface area contributed by atoms with Crippen LogP contribution in [0.5, 0.6) is 0 Å². The third-order valence-corrected chi connectivity index (χ3v) is 2.57. The molecule has 0 radical (unpaired) electrons. The highest BCUT2D eigenvalue weighted by Crippen LogP contribution is 2.04. The number of carbonyl (C=O) groups is 1. The number of carboxylic acid groups (broad SMARTS) is 1. The second kappa shape index (κ2) is 5.01. The summed E-state index contributed by atoms with van der Waals surface area (Å²) in [5.74, 6) is -1.66. The van der Waals surface area contributed by atoms with Crippen molar-refractivity contribution in [1.29, 1.82) is 0 Å². The lowest BCUT2D eigenvalue weighted by Gasteiger charge is -2.07. The standard InChI is InChI=1S/C13H11FN2O3/c1-8-6-11(13(18)19)12(17)16(15-8)7-9-2-4-10(14)5-3-9/h2-6H,7H2,1H3,(H,18,19). The van der Waals surface area contributed by atoms with E-state index in [-0.39, 0.29) is 17.9 Å². The molecule has 0 fully saturated rings. The van der Waals surface area contributed by atoms with Gasteiger partial charge in [0.15, 0.2) is 0 Å². The van der Waals surface area contributed by atoms with Gasteiger partial charge in [-0.2, -0.15) is 5.10 Å². The van der Waals surface area contributed by atoms with Crippen molar-refractivity contribution in [2.75, 3.05) is 0 Å². The van der Waals surface area contributed by atoms with Gasteiger partial charge in [-0.15, -0.1) is 0 Å². The Hall–Kier alpha value is -2.50. The van der Waals surface area contributed by atoms with E-state index in [1.807, 2.05) is 0 Å². The van der Waals surface area contributed by atoms with Gasteiger partial charge in [0.05, 0.1) is 12.2 Å². The average molecular weight is 262 g/mol. The lowest BCUT2D eigenvalue weighted by Crippen LogP contribution is -2.29. The van der Waals surface area contributed by atoms with Crippen LogP contribution in [0.3, 0.4) is 0 Å². The summed E-state index contributed by atoms with van der Waals surface area (Å²) in [5, 5.41) is 12.9. The number of carboxylic acids is 1. The summed E-state index contributed by atoms with van der Waals surface area (Å²) in [7, 11) is 0. The highest BCUT2D eigenvalue weighted by Gasteiger charge is 2.13. The number of hydrogen-bond donors (Lipinski definition) is 1. The summed E-state index contributed by atoms with van der Waals surface area (Å²) in [5.41, 5.74) is 0.0917. The first-order chi connectivity index (χ1) is 8.97. The molecule has 0 spiro atoms. The van der Waals surface area contributed by atoms with Gasteiger partial charge in [0.1, 0.15) is 11.4 Å². The second-order valence-electron chi connectivity index (χ2n) is 4.09. The number of benzene rings is 1. The molecule has 0 aliphatic rings. The molecular weight excluding hydrogens is 251 g/mol. The molecule has 98 valence electrons. The van der Waals surface area contributed by atoms with Crippen LogP contribution in [0.2, 0.25) is 0 Å². The van der Waals surface area contributed by atoms with Crippen LogP contribution in [-0.4, -0.2) is 20.9 Å². The molecule has 0 atom stereocenters.